The van der Waals surface area contributed by atoms with Gasteiger partial charge in [0, 0.05) is 18.7 Å². The highest BCUT2D eigenvalue weighted by molar-refractivity contribution is 5.79. The summed E-state index contributed by atoms with van der Waals surface area (Å²) >= 11 is 0. The molecule has 1 unspecified atom stereocenters. The zero-order valence-electron chi connectivity index (χ0n) is 17.2. The minimum Gasteiger partial charge on any atom is -0.486 e. The van der Waals surface area contributed by atoms with Gasteiger partial charge >= 0.3 is 0 Å². The largest absolute Gasteiger partial charge is 0.486 e. The molecule has 3 rings (SSSR count). The van der Waals surface area contributed by atoms with Gasteiger partial charge < -0.3 is 25.0 Å². The molecule has 1 atom stereocenters. The van der Waals surface area contributed by atoms with Crippen LogP contribution in [-0.2, 0) is 13.1 Å². The monoisotopic (exact) mass is 400 g/mol. The summed E-state index contributed by atoms with van der Waals surface area (Å²) in [5.41, 5.74) is 1.64. The summed E-state index contributed by atoms with van der Waals surface area (Å²) in [5, 5.41) is 6.53. The SMILES string of the molecule is CCNC(=NCc1ccc(F)c(CN(C)C)c1)NCC1COc2ccccc2O1. The second kappa shape index (κ2) is 10.1. The quantitative estimate of drug-likeness (QED) is 0.553. The van der Waals surface area contributed by atoms with Crippen molar-refractivity contribution < 1.29 is 13.9 Å². The van der Waals surface area contributed by atoms with Gasteiger partial charge in [-0.25, -0.2) is 9.38 Å². The van der Waals surface area contributed by atoms with Crippen molar-refractivity contribution in [2.24, 2.45) is 4.99 Å². The predicted molar refractivity (Wildman–Crippen MR) is 113 cm³/mol. The van der Waals surface area contributed by atoms with Crippen molar-refractivity contribution in [3.8, 4) is 11.5 Å². The summed E-state index contributed by atoms with van der Waals surface area (Å²) < 4.78 is 25.7. The van der Waals surface area contributed by atoms with Crippen LogP contribution < -0.4 is 20.1 Å². The number of ether oxygens (including phenoxy) is 2. The second-order valence-corrected chi connectivity index (χ2v) is 7.24. The Labute approximate surface area is 171 Å². The van der Waals surface area contributed by atoms with E-state index in [1.807, 2.05) is 56.3 Å². The molecular formula is C22H29FN4O2. The lowest BCUT2D eigenvalue weighted by molar-refractivity contribution is 0.0936. The molecule has 0 aliphatic carbocycles. The highest BCUT2D eigenvalue weighted by Crippen LogP contribution is 2.30. The fourth-order valence-corrected chi connectivity index (χ4v) is 3.07. The highest BCUT2D eigenvalue weighted by atomic mass is 19.1. The zero-order chi connectivity index (χ0) is 20.6. The molecule has 0 radical (unpaired) electrons. The number of hydrogen-bond acceptors (Lipinski definition) is 4. The first-order chi connectivity index (χ1) is 14.0. The molecule has 2 aromatic rings. The van der Waals surface area contributed by atoms with Crippen LogP contribution in [0, 0.1) is 5.82 Å². The Hall–Kier alpha value is -2.80. The second-order valence-electron chi connectivity index (χ2n) is 7.24. The van der Waals surface area contributed by atoms with Crippen LogP contribution in [0.1, 0.15) is 18.1 Å². The molecule has 29 heavy (non-hydrogen) atoms. The third-order valence-electron chi connectivity index (χ3n) is 4.43. The van der Waals surface area contributed by atoms with Gasteiger partial charge in [0.15, 0.2) is 17.5 Å². The fraction of sp³-hybridized carbons (Fsp3) is 0.409. The first-order valence-electron chi connectivity index (χ1n) is 9.88. The number of para-hydroxylation sites is 2. The lowest BCUT2D eigenvalue weighted by Gasteiger charge is -2.27. The van der Waals surface area contributed by atoms with E-state index in [9.17, 15) is 4.39 Å². The Bertz CT molecular complexity index is 841. The van der Waals surface area contributed by atoms with E-state index in [-0.39, 0.29) is 11.9 Å². The Kier molecular flexibility index (Phi) is 7.30. The summed E-state index contributed by atoms with van der Waals surface area (Å²) in [6.07, 6.45) is -0.105. The maximum absolute atomic E-state index is 14.0. The molecule has 156 valence electrons. The van der Waals surface area contributed by atoms with Crippen LogP contribution in [0.5, 0.6) is 11.5 Å². The molecule has 1 aliphatic rings. The molecule has 0 fully saturated rings. The number of benzene rings is 2. The van der Waals surface area contributed by atoms with E-state index >= 15 is 0 Å². The first kappa shape index (κ1) is 20.9. The van der Waals surface area contributed by atoms with Crippen LogP contribution in [0.25, 0.3) is 0 Å². The molecule has 0 bridgehead atoms. The smallest absolute Gasteiger partial charge is 0.191 e. The topological polar surface area (TPSA) is 58.1 Å². The van der Waals surface area contributed by atoms with E-state index in [0.29, 0.717) is 37.8 Å². The number of halogens is 1. The summed E-state index contributed by atoms with van der Waals surface area (Å²) in [6, 6.07) is 12.8. The lowest BCUT2D eigenvalue weighted by atomic mass is 10.1. The number of nitrogens with one attached hydrogen (secondary N) is 2. The Morgan fingerprint density at radius 3 is 2.72 bits per heavy atom. The van der Waals surface area contributed by atoms with Gasteiger partial charge in [0.25, 0.3) is 0 Å². The molecule has 6 nitrogen and oxygen atoms in total. The van der Waals surface area contributed by atoms with Crippen molar-refractivity contribution in [1.29, 1.82) is 0 Å². The van der Waals surface area contributed by atoms with Gasteiger partial charge in [-0.05, 0) is 50.8 Å². The van der Waals surface area contributed by atoms with E-state index in [1.54, 1.807) is 6.07 Å². The number of nitrogens with zero attached hydrogens (tertiary/aromatic N) is 2. The average Bonchev–Trinajstić information content (AvgIpc) is 2.71. The van der Waals surface area contributed by atoms with Crippen molar-refractivity contribution >= 4 is 5.96 Å². The normalized spacial score (nSPS) is 16.0. The van der Waals surface area contributed by atoms with Gasteiger partial charge in [0.2, 0.25) is 0 Å². The van der Waals surface area contributed by atoms with Gasteiger partial charge in [-0.15, -0.1) is 0 Å². The maximum atomic E-state index is 14.0. The highest BCUT2D eigenvalue weighted by Gasteiger charge is 2.20. The van der Waals surface area contributed by atoms with Crippen molar-refractivity contribution in [2.75, 3.05) is 33.8 Å². The van der Waals surface area contributed by atoms with E-state index in [4.69, 9.17) is 9.47 Å². The van der Waals surface area contributed by atoms with Crippen LogP contribution in [0.15, 0.2) is 47.5 Å². The standard InChI is InChI=1S/C22H29FN4O2/c1-4-24-22(25-12-16-9-10-19(23)17(11-16)14-27(2)3)26-13-18-15-28-20-7-5-6-8-21(20)29-18/h5-11,18H,4,12-15H2,1-3H3,(H2,24,25,26). The number of guanidine groups is 1. The Balaban J connectivity index is 1.59. The van der Waals surface area contributed by atoms with Gasteiger partial charge in [-0.2, -0.15) is 0 Å². The van der Waals surface area contributed by atoms with E-state index < -0.39 is 0 Å². The van der Waals surface area contributed by atoms with E-state index in [0.717, 1.165) is 23.6 Å². The molecule has 1 heterocycles. The molecule has 2 aromatic carbocycles. The van der Waals surface area contributed by atoms with Crippen LogP contribution in [0.3, 0.4) is 0 Å². The molecule has 0 saturated heterocycles. The van der Waals surface area contributed by atoms with E-state index in [2.05, 4.69) is 15.6 Å². The lowest BCUT2D eigenvalue weighted by Crippen LogP contribution is -2.45. The number of fused-ring (bicyclic) bond motifs is 1. The molecule has 2 N–H and O–H groups in total. The summed E-state index contributed by atoms with van der Waals surface area (Å²) in [6.45, 7) is 4.82. The van der Waals surface area contributed by atoms with Gasteiger partial charge in [-0.3, -0.25) is 0 Å². The van der Waals surface area contributed by atoms with Gasteiger partial charge in [0.05, 0.1) is 13.1 Å². The van der Waals surface area contributed by atoms with Crippen LogP contribution >= 0.6 is 0 Å². The van der Waals surface area contributed by atoms with Crippen LogP contribution in [0.2, 0.25) is 0 Å². The molecule has 0 amide bonds. The minimum absolute atomic E-state index is 0.105. The number of hydrogen-bond donors (Lipinski definition) is 2. The summed E-state index contributed by atoms with van der Waals surface area (Å²) in [7, 11) is 3.85. The molecule has 1 aliphatic heterocycles. The number of rotatable bonds is 7. The van der Waals surface area contributed by atoms with Crippen molar-refractivity contribution in [1.82, 2.24) is 15.5 Å². The van der Waals surface area contributed by atoms with Crippen molar-refractivity contribution in [3.05, 3.63) is 59.4 Å². The summed E-state index contributed by atoms with van der Waals surface area (Å²) in [4.78, 5) is 6.57. The van der Waals surface area contributed by atoms with Gasteiger partial charge in [0.1, 0.15) is 18.5 Å². The maximum Gasteiger partial charge on any atom is 0.191 e. The minimum atomic E-state index is -0.189. The van der Waals surface area contributed by atoms with Crippen LogP contribution in [0.4, 0.5) is 4.39 Å². The molecular weight excluding hydrogens is 371 g/mol. The number of aliphatic imine (C=N–C) groups is 1. The van der Waals surface area contributed by atoms with E-state index in [1.165, 1.54) is 6.07 Å². The zero-order valence-corrected chi connectivity index (χ0v) is 17.2. The Morgan fingerprint density at radius 2 is 1.97 bits per heavy atom. The molecule has 0 saturated carbocycles. The average molecular weight is 400 g/mol. The van der Waals surface area contributed by atoms with Crippen molar-refractivity contribution in [3.63, 3.8) is 0 Å². The summed E-state index contributed by atoms with van der Waals surface area (Å²) in [5.74, 6) is 2.03. The molecule has 0 aromatic heterocycles. The predicted octanol–water partition coefficient (Wildman–Crippen LogP) is 2.78. The molecule has 0 spiro atoms. The fourth-order valence-electron chi connectivity index (χ4n) is 3.07. The van der Waals surface area contributed by atoms with Crippen LogP contribution in [-0.4, -0.2) is 50.8 Å². The molecule has 7 heteroatoms. The van der Waals surface area contributed by atoms with Crippen molar-refractivity contribution in [2.45, 2.75) is 26.1 Å². The first-order valence-corrected chi connectivity index (χ1v) is 9.88. The third kappa shape index (κ3) is 6.09. The third-order valence-corrected chi connectivity index (χ3v) is 4.43. The van der Waals surface area contributed by atoms with Gasteiger partial charge in [-0.1, -0.05) is 18.2 Å². The Morgan fingerprint density at radius 1 is 1.17 bits per heavy atom.